The van der Waals surface area contributed by atoms with Gasteiger partial charge in [0, 0.05) is 12.7 Å². The van der Waals surface area contributed by atoms with Crippen LogP contribution in [0.5, 0.6) is 0 Å². The van der Waals surface area contributed by atoms with Gasteiger partial charge in [0.15, 0.2) is 14.7 Å². The highest BCUT2D eigenvalue weighted by atomic mass is 32.2. The second-order valence-corrected chi connectivity index (χ2v) is 6.97. The summed E-state index contributed by atoms with van der Waals surface area (Å²) in [5.74, 6) is 0. The molecule has 22 heavy (non-hydrogen) atoms. The van der Waals surface area contributed by atoms with Crippen LogP contribution in [0, 0.1) is 0 Å². The predicted molar refractivity (Wildman–Crippen MR) is 92.2 cm³/mol. The van der Waals surface area contributed by atoms with Gasteiger partial charge in [0.25, 0.3) is 0 Å². The number of hydrogen-bond acceptors (Lipinski definition) is 1. The second-order valence-electron chi connectivity index (χ2n) is 4.97. The van der Waals surface area contributed by atoms with Crippen LogP contribution < -0.4 is 0 Å². The van der Waals surface area contributed by atoms with E-state index in [1.165, 1.54) is 20.2 Å². The molecule has 110 valence electrons. The predicted octanol–water partition coefficient (Wildman–Crippen LogP) is 4.93. The van der Waals surface area contributed by atoms with Crippen molar-refractivity contribution in [2.75, 3.05) is 7.11 Å². The Hall–Kier alpha value is -2.03. The molecular formula is C20H19OS+. The van der Waals surface area contributed by atoms with E-state index in [1.807, 2.05) is 0 Å². The van der Waals surface area contributed by atoms with Gasteiger partial charge in [-0.2, -0.15) is 0 Å². The molecule has 0 spiro atoms. The molecule has 0 aromatic heterocycles. The fourth-order valence-electron chi connectivity index (χ4n) is 2.48. The number of benzene rings is 3. The summed E-state index contributed by atoms with van der Waals surface area (Å²) in [5.41, 5.74) is 1.25. The van der Waals surface area contributed by atoms with Crippen LogP contribution in [0.4, 0.5) is 0 Å². The summed E-state index contributed by atoms with van der Waals surface area (Å²) in [7, 11) is 1.64. The number of methoxy groups -OCH3 is 1. The topological polar surface area (TPSA) is 9.23 Å². The Balaban J connectivity index is 2.15. The van der Waals surface area contributed by atoms with Gasteiger partial charge in [0.2, 0.25) is 0 Å². The third-order valence-electron chi connectivity index (χ3n) is 3.45. The first-order valence-electron chi connectivity index (χ1n) is 7.31. The lowest BCUT2D eigenvalue weighted by Crippen LogP contribution is -2.08. The minimum absolute atomic E-state index is 0.108. The van der Waals surface area contributed by atoms with Gasteiger partial charge < -0.3 is 4.74 Å². The summed E-state index contributed by atoms with van der Waals surface area (Å²) >= 11 is 0. The quantitative estimate of drug-likeness (QED) is 0.607. The average molecular weight is 307 g/mol. The van der Waals surface area contributed by atoms with Crippen LogP contribution >= 0.6 is 0 Å². The van der Waals surface area contributed by atoms with E-state index in [9.17, 15) is 0 Å². The molecule has 0 N–H and O–H groups in total. The lowest BCUT2D eigenvalue weighted by Gasteiger charge is -2.11. The van der Waals surface area contributed by atoms with E-state index >= 15 is 0 Å². The molecule has 3 rings (SSSR count). The first kappa shape index (κ1) is 14.9. The SMILES string of the molecule is COCc1ccccc1[S+](c1ccccc1)c1ccccc1. The normalized spacial score (nSPS) is 10.8. The molecule has 3 aromatic carbocycles. The molecule has 0 bridgehead atoms. The highest BCUT2D eigenvalue weighted by Gasteiger charge is 2.30. The van der Waals surface area contributed by atoms with Crippen LogP contribution in [0.15, 0.2) is 99.6 Å². The van der Waals surface area contributed by atoms with Crippen molar-refractivity contribution in [3.63, 3.8) is 0 Å². The van der Waals surface area contributed by atoms with Crippen molar-refractivity contribution in [1.82, 2.24) is 0 Å². The van der Waals surface area contributed by atoms with Crippen LogP contribution in [-0.2, 0) is 22.2 Å². The van der Waals surface area contributed by atoms with E-state index in [2.05, 4.69) is 84.9 Å². The fourth-order valence-corrected chi connectivity index (χ4v) is 4.72. The molecule has 2 heteroatoms. The molecular weight excluding hydrogens is 288 g/mol. The largest absolute Gasteiger partial charge is 0.380 e. The summed E-state index contributed by atoms with van der Waals surface area (Å²) in [6, 6.07) is 30.0. The Labute approximate surface area is 134 Å². The summed E-state index contributed by atoms with van der Waals surface area (Å²) in [4.78, 5) is 4.00. The van der Waals surface area contributed by atoms with Crippen molar-refractivity contribution >= 4 is 10.9 Å². The molecule has 0 radical (unpaired) electrons. The molecule has 0 heterocycles. The van der Waals surface area contributed by atoms with Gasteiger partial charge >= 0.3 is 0 Å². The molecule has 0 aliphatic heterocycles. The summed E-state index contributed by atoms with van der Waals surface area (Å²) in [5, 5.41) is 0. The van der Waals surface area contributed by atoms with Crippen molar-refractivity contribution in [1.29, 1.82) is 0 Å². The van der Waals surface area contributed by atoms with Gasteiger partial charge in [-0.15, -0.1) is 0 Å². The molecule has 0 saturated carbocycles. The minimum Gasteiger partial charge on any atom is -0.380 e. The van der Waals surface area contributed by atoms with Crippen LogP contribution in [0.3, 0.4) is 0 Å². The standard InChI is InChI=1S/C20H19OS/c1-21-16-17-10-8-9-15-20(17)22(18-11-4-2-5-12-18)19-13-6-3-7-14-19/h2-15H,16H2,1H3/q+1. The van der Waals surface area contributed by atoms with Gasteiger partial charge in [-0.1, -0.05) is 54.6 Å². The lowest BCUT2D eigenvalue weighted by molar-refractivity contribution is 0.183. The van der Waals surface area contributed by atoms with Gasteiger partial charge in [-0.25, -0.2) is 0 Å². The maximum Gasteiger partial charge on any atom is 0.172 e. The van der Waals surface area contributed by atoms with E-state index in [1.54, 1.807) is 7.11 Å². The Morgan fingerprint density at radius 3 is 1.73 bits per heavy atom. The van der Waals surface area contributed by atoms with Gasteiger partial charge in [0.1, 0.15) is 0 Å². The zero-order chi connectivity index (χ0) is 15.2. The second kappa shape index (κ2) is 7.30. The maximum atomic E-state index is 5.39. The van der Waals surface area contributed by atoms with Crippen molar-refractivity contribution in [3.05, 3.63) is 90.5 Å². The highest BCUT2D eigenvalue weighted by Crippen LogP contribution is 2.33. The molecule has 0 aliphatic rings. The smallest absolute Gasteiger partial charge is 0.172 e. The minimum atomic E-state index is -0.108. The van der Waals surface area contributed by atoms with Crippen LogP contribution in [0.2, 0.25) is 0 Å². The van der Waals surface area contributed by atoms with E-state index in [0.29, 0.717) is 6.61 Å². The zero-order valence-corrected chi connectivity index (χ0v) is 13.4. The first-order valence-corrected chi connectivity index (χ1v) is 8.54. The van der Waals surface area contributed by atoms with E-state index in [4.69, 9.17) is 4.74 Å². The van der Waals surface area contributed by atoms with Gasteiger partial charge in [-0.3, -0.25) is 0 Å². The molecule has 0 fully saturated rings. The summed E-state index contributed by atoms with van der Waals surface area (Å²) in [6.07, 6.45) is 0. The third-order valence-corrected chi connectivity index (χ3v) is 5.78. The van der Waals surface area contributed by atoms with Gasteiger partial charge in [-0.05, 0) is 30.3 Å². The zero-order valence-electron chi connectivity index (χ0n) is 12.6. The molecule has 0 unspecified atom stereocenters. The first-order chi connectivity index (χ1) is 10.9. The van der Waals surface area contributed by atoms with Crippen LogP contribution in [-0.4, -0.2) is 7.11 Å². The Morgan fingerprint density at radius 1 is 0.682 bits per heavy atom. The van der Waals surface area contributed by atoms with E-state index in [-0.39, 0.29) is 10.9 Å². The van der Waals surface area contributed by atoms with E-state index in [0.717, 1.165) is 0 Å². The van der Waals surface area contributed by atoms with Crippen LogP contribution in [0.25, 0.3) is 0 Å². The average Bonchev–Trinajstić information content (AvgIpc) is 2.59. The molecule has 0 saturated heterocycles. The van der Waals surface area contributed by atoms with Crippen molar-refractivity contribution in [3.8, 4) is 0 Å². The van der Waals surface area contributed by atoms with Crippen molar-refractivity contribution in [2.24, 2.45) is 0 Å². The Morgan fingerprint density at radius 2 is 1.18 bits per heavy atom. The highest BCUT2D eigenvalue weighted by molar-refractivity contribution is 7.97. The lowest BCUT2D eigenvalue weighted by atomic mass is 10.2. The molecule has 0 amide bonds. The van der Waals surface area contributed by atoms with Gasteiger partial charge in [0.05, 0.1) is 17.5 Å². The van der Waals surface area contributed by atoms with Crippen molar-refractivity contribution < 1.29 is 4.74 Å². The number of rotatable bonds is 5. The fraction of sp³-hybridized carbons (Fsp3) is 0.100. The monoisotopic (exact) mass is 307 g/mol. The molecule has 0 aliphatic carbocycles. The van der Waals surface area contributed by atoms with E-state index < -0.39 is 0 Å². The summed E-state index contributed by atoms with van der Waals surface area (Å²) < 4.78 is 5.39. The Kier molecular flexibility index (Phi) is 4.94. The maximum absolute atomic E-state index is 5.39. The summed E-state index contributed by atoms with van der Waals surface area (Å²) in [6.45, 7) is 0.638. The third kappa shape index (κ3) is 3.24. The Bertz CT molecular complexity index is 671. The number of ether oxygens (including phenoxy) is 1. The van der Waals surface area contributed by atoms with Crippen LogP contribution in [0.1, 0.15) is 5.56 Å². The molecule has 0 atom stereocenters. The molecule has 3 aromatic rings. The number of hydrogen-bond donors (Lipinski definition) is 0. The van der Waals surface area contributed by atoms with Crippen molar-refractivity contribution in [2.45, 2.75) is 21.3 Å². The molecule has 1 nitrogen and oxygen atoms in total.